The van der Waals surface area contributed by atoms with Crippen molar-refractivity contribution in [2.75, 3.05) is 0 Å². The number of rotatable bonds is 2. The van der Waals surface area contributed by atoms with E-state index >= 15 is 0 Å². The van der Waals surface area contributed by atoms with E-state index in [0.29, 0.717) is 15.2 Å². The van der Waals surface area contributed by atoms with Crippen molar-refractivity contribution in [3.63, 3.8) is 0 Å². The molecule has 0 amide bonds. The fourth-order valence-corrected chi connectivity index (χ4v) is 2.16. The smallest absolute Gasteiger partial charge is 0.268 e. The summed E-state index contributed by atoms with van der Waals surface area (Å²) in [6.07, 6.45) is 1.27. The second kappa shape index (κ2) is 5.20. The fourth-order valence-electron chi connectivity index (χ4n) is 1.10. The number of hydrogen-bond donors (Lipinski definition) is 1. The van der Waals surface area contributed by atoms with E-state index in [4.69, 9.17) is 16.3 Å². The van der Waals surface area contributed by atoms with Crippen LogP contribution in [-0.4, -0.2) is 9.97 Å². The number of hydrogen-bond acceptors (Lipinski definition) is 3. The quantitative estimate of drug-likeness (QED) is 0.864. The third kappa shape index (κ3) is 2.88. The van der Waals surface area contributed by atoms with Crippen LogP contribution in [0.5, 0.6) is 11.6 Å². The standard InChI is InChI=1S/C10H5Br2ClN2O2/c11-6-3-5(13)1-2-7(6)17-10-8(12)9(16)14-4-15-10/h1-4H,(H,14,15,16). The van der Waals surface area contributed by atoms with E-state index in [1.807, 2.05) is 0 Å². The van der Waals surface area contributed by atoms with Crippen molar-refractivity contribution in [3.05, 3.63) is 48.8 Å². The number of nitrogens with one attached hydrogen (secondary N) is 1. The van der Waals surface area contributed by atoms with Crippen LogP contribution in [0.1, 0.15) is 0 Å². The second-order valence-corrected chi connectivity index (χ2v) is 5.11. The monoisotopic (exact) mass is 378 g/mol. The highest BCUT2D eigenvalue weighted by atomic mass is 79.9. The predicted molar refractivity (Wildman–Crippen MR) is 71.8 cm³/mol. The van der Waals surface area contributed by atoms with Crippen molar-refractivity contribution in [3.8, 4) is 11.6 Å². The first-order valence-electron chi connectivity index (χ1n) is 4.44. The van der Waals surface area contributed by atoms with Crippen LogP contribution in [0.4, 0.5) is 0 Å². The highest BCUT2D eigenvalue weighted by Gasteiger charge is 2.10. The molecule has 1 heterocycles. The lowest BCUT2D eigenvalue weighted by Crippen LogP contribution is -2.08. The lowest BCUT2D eigenvalue weighted by molar-refractivity contribution is 0.454. The first-order valence-corrected chi connectivity index (χ1v) is 6.40. The summed E-state index contributed by atoms with van der Waals surface area (Å²) in [5, 5.41) is 0.585. The van der Waals surface area contributed by atoms with Crippen molar-refractivity contribution in [1.82, 2.24) is 9.97 Å². The Bertz CT molecular complexity index is 615. The van der Waals surface area contributed by atoms with E-state index in [9.17, 15) is 4.79 Å². The Hall–Kier alpha value is -0.850. The molecule has 88 valence electrons. The molecule has 0 spiro atoms. The molecule has 0 saturated heterocycles. The van der Waals surface area contributed by atoms with Crippen LogP contribution < -0.4 is 10.3 Å². The summed E-state index contributed by atoms with van der Waals surface area (Å²) in [6, 6.07) is 5.06. The van der Waals surface area contributed by atoms with Crippen molar-refractivity contribution < 1.29 is 4.74 Å². The van der Waals surface area contributed by atoms with Crippen LogP contribution in [-0.2, 0) is 0 Å². The Kier molecular flexibility index (Phi) is 3.86. The lowest BCUT2D eigenvalue weighted by atomic mass is 10.3. The van der Waals surface area contributed by atoms with Crippen LogP contribution in [0.2, 0.25) is 5.02 Å². The van der Waals surface area contributed by atoms with Crippen LogP contribution in [0.3, 0.4) is 0 Å². The van der Waals surface area contributed by atoms with Gasteiger partial charge in [-0.1, -0.05) is 11.6 Å². The maximum absolute atomic E-state index is 11.3. The summed E-state index contributed by atoms with van der Waals surface area (Å²) < 4.78 is 6.41. The van der Waals surface area contributed by atoms with Gasteiger partial charge in [0.1, 0.15) is 10.2 Å². The summed E-state index contributed by atoms with van der Waals surface area (Å²) in [5.74, 6) is 0.713. The molecule has 1 aromatic carbocycles. The van der Waals surface area contributed by atoms with E-state index in [1.54, 1.807) is 18.2 Å². The topological polar surface area (TPSA) is 55.0 Å². The number of H-pyrrole nitrogens is 1. The maximum Gasteiger partial charge on any atom is 0.268 e. The Morgan fingerprint density at radius 3 is 2.82 bits per heavy atom. The molecule has 1 N–H and O–H groups in total. The van der Waals surface area contributed by atoms with Crippen LogP contribution in [0.15, 0.2) is 38.3 Å². The van der Waals surface area contributed by atoms with Crippen molar-refractivity contribution in [2.45, 2.75) is 0 Å². The Morgan fingerprint density at radius 1 is 1.35 bits per heavy atom. The van der Waals surface area contributed by atoms with E-state index in [1.165, 1.54) is 6.33 Å². The van der Waals surface area contributed by atoms with Crippen LogP contribution in [0.25, 0.3) is 0 Å². The number of aromatic amines is 1. The molecule has 0 unspecified atom stereocenters. The molecule has 4 nitrogen and oxygen atoms in total. The van der Waals surface area contributed by atoms with E-state index < -0.39 is 0 Å². The molecule has 0 atom stereocenters. The number of benzene rings is 1. The summed E-state index contributed by atoms with van der Waals surface area (Å²) in [6.45, 7) is 0. The molecule has 0 aliphatic rings. The van der Waals surface area contributed by atoms with Gasteiger partial charge in [0, 0.05) is 5.02 Å². The van der Waals surface area contributed by atoms with Gasteiger partial charge in [-0.3, -0.25) is 4.79 Å². The summed E-state index contributed by atoms with van der Waals surface area (Å²) in [7, 11) is 0. The van der Waals surface area contributed by atoms with Gasteiger partial charge in [0.25, 0.3) is 5.56 Å². The molecule has 7 heteroatoms. The zero-order valence-corrected chi connectivity index (χ0v) is 12.1. The molecule has 1 aromatic heterocycles. The molecular weight excluding hydrogens is 375 g/mol. The lowest BCUT2D eigenvalue weighted by Gasteiger charge is -2.07. The third-order valence-corrected chi connectivity index (χ3v) is 3.42. The van der Waals surface area contributed by atoms with Gasteiger partial charge in [-0.2, -0.15) is 0 Å². The van der Waals surface area contributed by atoms with Crippen molar-refractivity contribution in [2.24, 2.45) is 0 Å². The number of nitrogens with zero attached hydrogens (tertiary/aromatic N) is 1. The minimum Gasteiger partial charge on any atom is -0.436 e. The van der Waals surface area contributed by atoms with Crippen LogP contribution in [0, 0.1) is 0 Å². The molecule has 0 aliphatic carbocycles. The average Bonchev–Trinajstić information content (AvgIpc) is 2.28. The highest BCUT2D eigenvalue weighted by molar-refractivity contribution is 9.11. The largest absolute Gasteiger partial charge is 0.436 e. The van der Waals surface area contributed by atoms with Gasteiger partial charge in [-0.15, -0.1) is 0 Å². The minimum atomic E-state index is -0.305. The summed E-state index contributed by atoms with van der Waals surface area (Å²) >= 11 is 12.2. The molecule has 0 aliphatic heterocycles. The molecule has 2 rings (SSSR count). The Morgan fingerprint density at radius 2 is 2.12 bits per heavy atom. The molecule has 0 saturated carbocycles. The first-order chi connectivity index (χ1) is 8.08. The van der Waals surface area contributed by atoms with Crippen molar-refractivity contribution in [1.29, 1.82) is 0 Å². The maximum atomic E-state index is 11.3. The molecule has 17 heavy (non-hydrogen) atoms. The van der Waals surface area contributed by atoms with Gasteiger partial charge in [0.2, 0.25) is 5.88 Å². The molecule has 0 fully saturated rings. The van der Waals surface area contributed by atoms with Gasteiger partial charge in [-0.25, -0.2) is 4.98 Å². The SMILES string of the molecule is O=c1[nH]cnc(Oc2ccc(Cl)cc2Br)c1Br. The fraction of sp³-hybridized carbons (Fsp3) is 0. The Labute approximate surface area is 118 Å². The average molecular weight is 380 g/mol. The van der Waals surface area contributed by atoms with Gasteiger partial charge in [-0.05, 0) is 50.1 Å². The molecular formula is C10H5Br2ClN2O2. The zero-order valence-electron chi connectivity index (χ0n) is 8.21. The van der Waals surface area contributed by atoms with Gasteiger partial charge < -0.3 is 9.72 Å². The first kappa shape index (κ1) is 12.6. The van der Waals surface area contributed by atoms with Gasteiger partial charge in [0.15, 0.2) is 0 Å². The van der Waals surface area contributed by atoms with Crippen LogP contribution >= 0.6 is 43.5 Å². The van der Waals surface area contributed by atoms with E-state index in [2.05, 4.69) is 41.8 Å². The second-order valence-electron chi connectivity index (χ2n) is 3.03. The summed E-state index contributed by atoms with van der Waals surface area (Å²) in [4.78, 5) is 17.7. The van der Waals surface area contributed by atoms with Gasteiger partial charge >= 0.3 is 0 Å². The molecule has 2 aromatic rings. The normalized spacial score (nSPS) is 10.3. The molecule has 0 bridgehead atoms. The zero-order chi connectivity index (χ0) is 12.4. The number of halogens is 3. The predicted octanol–water partition coefficient (Wildman–Crippen LogP) is 3.74. The van der Waals surface area contributed by atoms with E-state index in [0.717, 1.165) is 0 Å². The highest BCUT2D eigenvalue weighted by Crippen LogP contribution is 2.32. The Balaban J connectivity index is 2.38. The van der Waals surface area contributed by atoms with Gasteiger partial charge in [0.05, 0.1) is 10.8 Å². The van der Waals surface area contributed by atoms with Crippen molar-refractivity contribution >= 4 is 43.5 Å². The third-order valence-electron chi connectivity index (χ3n) is 1.87. The number of aromatic nitrogens is 2. The van der Waals surface area contributed by atoms with E-state index in [-0.39, 0.29) is 15.9 Å². The molecule has 0 radical (unpaired) electrons. The number of ether oxygens (including phenoxy) is 1. The summed E-state index contributed by atoms with van der Waals surface area (Å²) in [5.41, 5.74) is -0.305. The minimum absolute atomic E-state index is 0.191.